The first kappa shape index (κ1) is 8.31. The highest BCUT2D eigenvalue weighted by molar-refractivity contribution is 6.67. The molecule has 0 radical (unpaired) electrons. The van der Waals surface area contributed by atoms with Gasteiger partial charge in [-0.25, -0.2) is 9.38 Å². The van der Waals surface area contributed by atoms with E-state index in [1.807, 2.05) is 0 Å². The number of fused-ring (bicyclic) bond motifs is 1. The Labute approximate surface area is 78.3 Å². The van der Waals surface area contributed by atoms with Gasteiger partial charge in [0.2, 0.25) is 5.29 Å². The number of amides is 1. The number of carbonyl (C=O) groups excluding carboxylic acids is 1. The highest BCUT2D eigenvalue weighted by Crippen LogP contribution is 2.20. The fourth-order valence-electron chi connectivity index (χ4n) is 1.17. The summed E-state index contributed by atoms with van der Waals surface area (Å²) in [5.41, 5.74) is 0.310. The van der Waals surface area contributed by atoms with Crippen LogP contribution in [-0.4, -0.2) is 16.9 Å². The molecule has 1 aliphatic heterocycles. The molecular weight excluding hydrogens is 195 g/mol. The molecule has 0 saturated carbocycles. The second-order valence-electron chi connectivity index (χ2n) is 2.62. The average Bonchev–Trinajstić information content (AvgIpc) is 2.02. The Morgan fingerprint density at radius 3 is 3.00 bits per heavy atom. The third-order valence-electron chi connectivity index (χ3n) is 1.74. The number of hydrogen-bond acceptors (Lipinski definition) is 2. The van der Waals surface area contributed by atoms with Crippen molar-refractivity contribution in [3.63, 3.8) is 0 Å². The normalized spacial score (nSPS) is 26.2. The van der Waals surface area contributed by atoms with E-state index in [0.29, 0.717) is 5.71 Å². The Morgan fingerprint density at radius 1 is 1.46 bits per heavy atom. The van der Waals surface area contributed by atoms with Gasteiger partial charge in [0.15, 0.2) is 0 Å². The van der Waals surface area contributed by atoms with Crippen LogP contribution in [0.1, 0.15) is 0 Å². The minimum atomic E-state index is -0.568. The fourth-order valence-corrected chi connectivity index (χ4v) is 1.35. The number of carbonyl (C=O) groups is 1. The summed E-state index contributed by atoms with van der Waals surface area (Å²) in [5.74, 6) is -1.41. The predicted octanol–water partition coefficient (Wildman–Crippen LogP) is 1.60. The lowest BCUT2D eigenvalue weighted by Crippen LogP contribution is -2.26. The summed E-state index contributed by atoms with van der Waals surface area (Å²) in [4.78, 5) is 18.4. The van der Waals surface area contributed by atoms with Gasteiger partial charge in [-0.1, -0.05) is 6.08 Å². The minimum Gasteiger partial charge on any atom is -0.271 e. The van der Waals surface area contributed by atoms with Crippen molar-refractivity contribution in [2.45, 2.75) is 0 Å². The van der Waals surface area contributed by atoms with Gasteiger partial charge >= 0.3 is 0 Å². The van der Waals surface area contributed by atoms with Crippen LogP contribution in [0.15, 0.2) is 34.0 Å². The van der Waals surface area contributed by atoms with E-state index in [9.17, 15) is 9.18 Å². The molecule has 13 heavy (non-hydrogen) atoms. The number of amidine groups is 1. The van der Waals surface area contributed by atoms with Crippen LogP contribution in [0.2, 0.25) is 0 Å². The van der Waals surface area contributed by atoms with Crippen molar-refractivity contribution in [3.05, 3.63) is 24.1 Å². The van der Waals surface area contributed by atoms with Crippen LogP contribution in [0.25, 0.3) is 0 Å². The van der Waals surface area contributed by atoms with Crippen LogP contribution in [-0.2, 0) is 4.79 Å². The molecule has 2 rings (SSSR count). The van der Waals surface area contributed by atoms with Crippen molar-refractivity contribution in [3.8, 4) is 0 Å². The maximum absolute atomic E-state index is 12.7. The standard InChI is InChI=1S/C8H4ClFN2O/c9-8-11-6-3-4(10)1-2-5(6)7(13)12-8/h1-3,5H. The minimum absolute atomic E-state index is 0.143. The second kappa shape index (κ2) is 2.88. The molecule has 1 heterocycles. The summed E-state index contributed by atoms with van der Waals surface area (Å²) in [6.07, 6.45) is 3.82. The number of allylic oxidation sites excluding steroid dienone is 3. The van der Waals surface area contributed by atoms with E-state index < -0.39 is 17.7 Å². The first-order valence-corrected chi connectivity index (χ1v) is 3.96. The van der Waals surface area contributed by atoms with Crippen molar-refractivity contribution < 1.29 is 9.18 Å². The first-order chi connectivity index (χ1) is 6.16. The van der Waals surface area contributed by atoms with Gasteiger partial charge in [-0.15, -0.1) is 0 Å². The second-order valence-corrected chi connectivity index (χ2v) is 2.96. The number of hydrogen-bond donors (Lipinski definition) is 0. The average molecular weight is 199 g/mol. The van der Waals surface area contributed by atoms with E-state index in [4.69, 9.17) is 11.6 Å². The molecule has 0 fully saturated rings. The molecule has 5 heteroatoms. The van der Waals surface area contributed by atoms with E-state index in [2.05, 4.69) is 9.98 Å². The Morgan fingerprint density at radius 2 is 2.23 bits per heavy atom. The highest BCUT2D eigenvalue weighted by atomic mass is 35.5. The van der Waals surface area contributed by atoms with E-state index in [1.165, 1.54) is 18.2 Å². The van der Waals surface area contributed by atoms with E-state index in [0.717, 1.165) is 0 Å². The molecule has 1 aliphatic carbocycles. The van der Waals surface area contributed by atoms with Crippen molar-refractivity contribution >= 4 is 28.5 Å². The zero-order chi connectivity index (χ0) is 9.42. The molecule has 0 saturated heterocycles. The summed E-state index contributed by atoms with van der Waals surface area (Å²) < 4.78 is 12.7. The van der Waals surface area contributed by atoms with E-state index in [1.54, 1.807) is 0 Å². The van der Waals surface area contributed by atoms with Crippen molar-refractivity contribution in [1.29, 1.82) is 0 Å². The molecule has 66 valence electrons. The molecule has 0 spiro atoms. The third-order valence-corrected chi connectivity index (χ3v) is 1.91. The molecule has 2 aliphatic rings. The maximum atomic E-state index is 12.7. The summed E-state index contributed by atoms with van der Waals surface area (Å²) in [6.45, 7) is 0. The molecule has 0 aromatic rings. The highest BCUT2D eigenvalue weighted by Gasteiger charge is 2.27. The SMILES string of the molecule is O=C1N=C(Cl)N=C2C=C(F)C=CC12. The van der Waals surface area contributed by atoms with Gasteiger partial charge in [-0.05, 0) is 23.8 Å². The van der Waals surface area contributed by atoms with Crippen molar-refractivity contribution in [2.75, 3.05) is 0 Å². The van der Waals surface area contributed by atoms with Crippen molar-refractivity contribution in [2.24, 2.45) is 15.9 Å². The zero-order valence-electron chi connectivity index (χ0n) is 6.37. The monoisotopic (exact) mass is 198 g/mol. The first-order valence-electron chi connectivity index (χ1n) is 3.59. The number of aliphatic imine (C=N–C) groups is 2. The Hall–Kier alpha value is -1.29. The Bertz CT molecular complexity index is 395. The summed E-state index contributed by atoms with van der Waals surface area (Å²) >= 11 is 5.44. The number of nitrogens with zero attached hydrogens (tertiary/aromatic N) is 2. The fraction of sp³-hybridized carbons (Fsp3) is 0.125. The van der Waals surface area contributed by atoms with Gasteiger partial charge in [0.1, 0.15) is 11.7 Å². The summed E-state index contributed by atoms with van der Waals surface area (Å²) in [5, 5.41) is -0.143. The smallest absolute Gasteiger partial charge is 0.261 e. The van der Waals surface area contributed by atoms with Gasteiger partial charge in [0.05, 0.1) is 5.71 Å². The maximum Gasteiger partial charge on any atom is 0.261 e. The third kappa shape index (κ3) is 1.45. The molecule has 0 bridgehead atoms. The lowest BCUT2D eigenvalue weighted by atomic mass is 9.96. The zero-order valence-corrected chi connectivity index (χ0v) is 7.12. The van der Waals surface area contributed by atoms with Crippen LogP contribution in [0.4, 0.5) is 4.39 Å². The summed E-state index contributed by atoms with van der Waals surface area (Å²) in [7, 11) is 0. The predicted molar refractivity (Wildman–Crippen MR) is 47.6 cm³/mol. The Balaban J connectivity index is 2.46. The van der Waals surface area contributed by atoms with E-state index >= 15 is 0 Å². The molecule has 0 aromatic heterocycles. The molecule has 1 amide bonds. The van der Waals surface area contributed by atoms with Gasteiger partial charge in [0, 0.05) is 0 Å². The lowest BCUT2D eigenvalue weighted by molar-refractivity contribution is -0.118. The molecule has 1 atom stereocenters. The molecule has 0 N–H and O–H groups in total. The van der Waals surface area contributed by atoms with Crippen molar-refractivity contribution in [1.82, 2.24) is 0 Å². The van der Waals surface area contributed by atoms with Gasteiger partial charge in [0.25, 0.3) is 5.91 Å². The quantitative estimate of drug-likeness (QED) is 0.545. The molecule has 1 unspecified atom stereocenters. The molecule has 3 nitrogen and oxygen atoms in total. The Kier molecular flexibility index (Phi) is 1.84. The molecular formula is C8H4ClFN2O. The van der Waals surface area contributed by atoms with Crippen LogP contribution in [0, 0.1) is 5.92 Å². The van der Waals surface area contributed by atoms with Gasteiger partial charge in [-0.2, -0.15) is 4.99 Å². The topological polar surface area (TPSA) is 41.8 Å². The van der Waals surface area contributed by atoms with Crippen LogP contribution in [0.5, 0.6) is 0 Å². The van der Waals surface area contributed by atoms with Crippen LogP contribution < -0.4 is 0 Å². The number of rotatable bonds is 0. The lowest BCUT2D eigenvalue weighted by Gasteiger charge is -2.15. The number of halogens is 2. The van der Waals surface area contributed by atoms with Crippen LogP contribution in [0.3, 0.4) is 0 Å². The van der Waals surface area contributed by atoms with Crippen LogP contribution >= 0.6 is 11.6 Å². The summed E-state index contributed by atoms with van der Waals surface area (Å²) in [6, 6.07) is 0. The van der Waals surface area contributed by atoms with E-state index in [-0.39, 0.29) is 5.29 Å². The van der Waals surface area contributed by atoms with Gasteiger partial charge in [-0.3, -0.25) is 4.79 Å². The van der Waals surface area contributed by atoms with Gasteiger partial charge < -0.3 is 0 Å². The largest absolute Gasteiger partial charge is 0.271 e. The molecule has 0 aromatic carbocycles.